The van der Waals surface area contributed by atoms with Crippen LogP contribution >= 0.6 is 0 Å². The lowest BCUT2D eigenvalue weighted by Crippen LogP contribution is -2.40. The molecule has 2 fully saturated rings. The minimum absolute atomic E-state index is 0.0868. The Hall–Kier alpha value is -1.39. The van der Waals surface area contributed by atoms with Crippen molar-refractivity contribution >= 4 is 5.91 Å². The van der Waals surface area contributed by atoms with Gasteiger partial charge in [0.05, 0.1) is 5.54 Å². The van der Waals surface area contributed by atoms with Crippen LogP contribution in [0.15, 0.2) is 4.52 Å². The van der Waals surface area contributed by atoms with Crippen LogP contribution in [-0.4, -0.2) is 16.0 Å². The predicted molar refractivity (Wildman–Crippen MR) is 69.3 cm³/mol. The van der Waals surface area contributed by atoms with Gasteiger partial charge in [0.25, 0.3) is 0 Å². The highest BCUT2D eigenvalue weighted by atomic mass is 16.5. The van der Waals surface area contributed by atoms with Crippen LogP contribution in [0.1, 0.15) is 64.1 Å². The maximum absolute atomic E-state index is 11.2. The van der Waals surface area contributed by atoms with Crippen LogP contribution in [-0.2, 0) is 10.3 Å². The molecule has 2 aliphatic carbocycles. The molecule has 3 atom stereocenters. The second-order valence-corrected chi connectivity index (χ2v) is 6.54. The van der Waals surface area contributed by atoms with Gasteiger partial charge in [-0.3, -0.25) is 4.79 Å². The van der Waals surface area contributed by atoms with E-state index in [-0.39, 0.29) is 5.91 Å². The molecule has 2 bridgehead atoms. The van der Waals surface area contributed by atoms with Gasteiger partial charge >= 0.3 is 0 Å². The summed E-state index contributed by atoms with van der Waals surface area (Å²) in [6, 6.07) is 0. The first kappa shape index (κ1) is 12.6. The second kappa shape index (κ2) is 4.32. The molecule has 1 amide bonds. The lowest BCUT2D eigenvalue weighted by atomic mass is 9.89. The maximum atomic E-state index is 11.2. The van der Waals surface area contributed by atoms with Crippen molar-refractivity contribution in [2.45, 2.75) is 57.9 Å². The van der Waals surface area contributed by atoms with Gasteiger partial charge in [-0.05, 0) is 44.9 Å². The van der Waals surface area contributed by atoms with Crippen molar-refractivity contribution in [3.8, 4) is 0 Å². The van der Waals surface area contributed by atoms with Gasteiger partial charge in [-0.2, -0.15) is 4.98 Å². The number of carbonyl (C=O) groups is 1. The van der Waals surface area contributed by atoms with E-state index in [1.807, 2.05) is 13.8 Å². The van der Waals surface area contributed by atoms with Crippen LogP contribution < -0.4 is 5.32 Å². The fourth-order valence-corrected chi connectivity index (χ4v) is 3.68. The molecular formula is C14H21N3O2. The smallest absolute Gasteiger partial charge is 0.230 e. The normalized spacial score (nSPS) is 29.7. The molecule has 104 valence electrons. The molecule has 19 heavy (non-hydrogen) atoms. The topological polar surface area (TPSA) is 68.0 Å². The predicted octanol–water partition coefficient (Wildman–Crippen LogP) is 2.34. The van der Waals surface area contributed by atoms with E-state index in [9.17, 15) is 4.79 Å². The number of nitrogens with one attached hydrogen (secondary N) is 1. The lowest BCUT2D eigenvalue weighted by Gasteiger charge is -2.21. The monoisotopic (exact) mass is 263 g/mol. The SMILES string of the molecule is CC(=O)NC(C)(C)c1noc([C@@H]2C[C@H]3CC[C@H]2C3)n1. The van der Waals surface area contributed by atoms with E-state index in [1.54, 1.807) is 0 Å². The van der Waals surface area contributed by atoms with Crippen LogP contribution in [0.2, 0.25) is 0 Å². The first-order chi connectivity index (χ1) is 8.95. The Morgan fingerprint density at radius 2 is 2.16 bits per heavy atom. The zero-order chi connectivity index (χ0) is 13.6. The standard InChI is InChI=1S/C14H21N3O2/c1-8(18)16-14(2,3)13-15-12(19-17-13)11-7-9-4-5-10(11)6-9/h9-11H,4-7H2,1-3H3,(H,16,18)/t9-,10-,11+/m0/s1. The minimum atomic E-state index is -0.578. The molecule has 3 rings (SSSR count). The maximum Gasteiger partial charge on any atom is 0.230 e. The average Bonchev–Trinajstić information content (AvgIpc) is 3.03. The van der Waals surface area contributed by atoms with Gasteiger partial charge in [0.15, 0.2) is 5.82 Å². The van der Waals surface area contributed by atoms with Crippen molar-refractivity contribution in [1.82, 2.24) is 15.5 Å². The van der Waals surface area contributed by atoms with Gasteiger partial charge < -0.3 is 9.84 Å². The average molecular weight is 263 g/mol. The molecule has 0 saturated heterocycles. The van der Waals surface area contributed by atoms with Crippen LogP contribution in [0.25, 0.3) is 0 Å². The molecule has 2 aliphatic rings. The highest BCUT2D eigenvalue weighted by molar-refractivity contribution is 5.73. The molecule has 0 spiro atoms. The van der Waals surface area contributed by atoms with Gasteiger partial charge in [0.1, 0.15) is 0 Å². The fourth-order valence-electron chi connectivity index (χ4n) is 3.68. The number of nitrogens with zero attached hydrogens (tertiary/aromatic N) is 2. The van der Waals surface area contributed by atoms with Crippen molar-refractivity contribution in [3.63, 3.8) is 0 Å². The Morgan fingerprint density at radius 1 is 1.37 bits per heavy atom. The summed E-state index contributed by atoms with van der Waals surface area (Å²) in [7, 11) is 0. The number of fused-ring (bicyclic) bond motifs is 2. The number of hydrogen-bond acceptors (Lipinski definition) is 4. The molecule has 1 N–H and O–H groups in total. The van der Waals surface area contributed by atoms with Gasteiger partial charge in [0.2, 0.25) is 11.8 Å². The van der Waals surface area contributed by atoms with E-state index in [0.29, 0.717) is 11.7 Å². The van der Waals surface area contributed by atoms with E-state index in [0.717, 1.165) is 17.7 Å². The third-order valence-corrected chi connectivity index (χ3v) is 4.54. The molecule has 5 nitrogen and oxygen atoms in total. The second-order valence-electron chi connectivity index (χ2n) is 6.54. The summed E-state index contributed by atoms with van der Waals surface area (Å²) >= 11 is 0. The lowest BCUT2D eigenvalue weighted by molar-refractivity contribution is -0.120. The number of amides is 1. The zero-order valence-corrected chi connectivity index (χ0v) is 11.8. The summed E-state index contributed by atoms with van der Waals surface area (Å²) in [5, 5.41) is 6.92. The van der Waals surface area contributed by atoms with Crippen molar-refractivity contribution in [2.24, 2.45) is 11.8 Å². The highest BCUT2D eigenvalue weighted by Crippen LogP contribution is 2.52. The van der Waals surface area contributed by atoms with Crippen LogP contribution in [0.5, 0.6) is 0 Å². The Morgan fingerprint density at radius 3 is 2.74 bits per heavy atom. The molecule has 1 heterocycles. The van der Waals surface area contributed by atoms with Crippen LogP contribution in [0.4, 0.5) is 0 Å². The summed E-state index contributed by atoms with van der Waals surface area (Å²) < 4.78 is 5.46. The fraction of sp³-hybridized carbons (Fsp3) is 0.786. The number of carbonyl (C=O) groups excluding carboxylic acids is 1. The van der Waals surface area contributed by atoms with Crippen LogP contribution in [0.3, 0.4) is 0 Å². The van der Waals surface area contributed by atoms with Crippen molar-refractivity contribution in [2.75, 3.05) is 0 Å². The Bertz CT molecular complexity index is 495. The summed E-state index contributed by atoms with van der Waals surface area (Å²) in [4.78, 5) is 15.7. The molecule has 5 heteroatoms. The zero-order valence-electron chi connectivity index (χ0n) is 11.8. The largest absolute Gasteiger partial charge is 0.344 e. The van der Waals surface area contributed by atoms with Gasteiger partial charge in [-0.25, -0.2) is 0 Å². The summed E-state index contributed by atoms with van der Waals surface area (Å²) in [5.41, 5.74) is -0.578. The molecule has 2 saturated carbocycles. The first-order valence-corrected chi connectivity index (χ1v) is 7.08. The Balaban J connectivity index is 1.78. The third-order valence-electron chi connectivity index (χ3n) is 4.54. The van der Waals surface area contributed by atoms with Gasteiger partial charge in [-0.1, -0.05) is 11.6 Å². The molecule has 0 radical (unpaired) electrons. The van der Waals surface area contributed by atoms with E-state index < -0.39 is 5.54 Å². The molecular weight excluding hydrogens is 242 g/mol. The van der Waals surface area contributed by atoms with E-state index in [4.69, 9.17) is 4.52 Å². The van der Waals surface area contributed by atoms with Crippen LogP contribution in [0, 0.1) is 11.8 Å². The third kappa shape index (κ3) is 2.26. The Labute approximate surface area is 113 Å². The first-order valence-electron chi connectivity index (χ1n) is 7.08. The van der Waals surface area contributed by atoms with Crippen molar-refractivity contribution in [3.05, 3.63) is 11.7 Å². The molecule has 0 aromatic carbocycles. The number of aromatic nitrogens is 2. The summed E-state index contributed by atoms with van der Waals surface area (Å²) in [6.07, 6.45) is 5.16. The number of rotatable bonds is 3. The molecule has 0 aliphatic heterocycles. The summed E-state index contributed by atoms with van der Waals surface area (Å²) in [5.74, 6) is 3.27. The van der Waals surface area contributed by atoms with Gasteiger partial charge in [-0.15, -0.1) is 0 Å². The van der Waals surface area contributed by atoms with Crippen molar-refractivity contribution in [1.29, 1.82) is 0 Å². The van der Waals surface area contributed by atoms with E-state index in [2.05, 4.69) is 15.5 Å². The van der Waals surface area contributed by atoms with E-state index >= 15 is 0 Å². The number of hydrogen-bond donors (Lipinski definition) is 1. The van der Waals surface area contributed by atoms with Gasteiger partial charge in [0, 0.05) is 12.8 Å². The molecule has 1 aromatic heterocycles. The van der Waals surface area contributed by atoms with E-state index in [1.165, 1.54) is 32.6 Å². The quantitative estimate of drug-likeness (QED) is 0.909. The summed E-state index contributed by atoms with van der Waals surface area (Å²) in [6.45, 7) is 5.28. The highest BCUT2D eigenvalue weighted by Gasteiger charge is 2.43. The molecule has 0 unspecified atom stereocenters. The Kier molecular flexibility index (Phi) is 2.87. The van der Waals surface area contributed by atoms with Crippen molar-refractivity contribution < 1.29 is 9.32 Å². The minimum Gasteiger partial charge on any atom is -0.344 e. The molecule has 1 aromatic rings.